The van der Waals surface area contributed by atoms with Crippen molar-refractivity contribution in [3.8, 4) is 0 Å². The van der Waals surface area contributed by atoms with Crippen molar-refractivity contribution in [2.75, 3.05) is 24.6 Å². The van der Waals surface area contributed by atoms with Gasteiger partial charge < -0.3 is 15.1 Å². The summed E-state index contributed by atoms with van der Waals surface area (Å²) < 4.78 is 24.6. The topological polar surface area (TPSA) is 56.6 Å². The van der Waals surface area contributed by atoms with Gasteiger partial charge in [-0.2, -0.15) is 0 Å². The van der Waals surface area contributed by atoms with Crippen molar-refractivity contribution in [3.63, 3.8) is 0 Å². The first-order valence-electron chi connectivity index (χ1n) is 5.32. The minimum absolute atomic E-state index is 0.103. The lowest BCUT2D eigenvalue weighted by Crippen LogP contribution is -2.32. The number of anilines is 1. The molecular formula is C11H16F2N2O2. The number of hydrogen-bond acceptors (Lipinski definition) is 4. The number of aromatic nitrogens is 1. The van der Waals surface area contributed by atoms with Crippen LogP contribution in [0, 0.1) is 0 Å². The molecule has 0 spiro atoms. The van der Waals surface area contributed by atoms with Crippen molar-refractivity contribution >= 4 is 5.82 Å². The van der Waals surface area contributed by atoms with Crippen LogP contribution < -0.4 is 4.90 Å². The Morgan fingerprint density at radius 3 is 2.53 bits per heavy atom. The number of pyridine rings is 1. The molecule has 0 aromatic carbocycles. The fraction of sp³-hybridized carbons (Fsp3) is 0.545. The Morgan fingerprint density at radius 2 is 2.12 bits per heavy atom. The first-order chi connectivity index (χ1) is 8.04. The van der Waals surface area contributed by atoms with E-state index in [1.165, 1.54) is 11.1 Å². The zero-order valence-corrected chi connectivity index (χ0v) is 9.55. The molecule has 1 atom stereocenters. The Kier molecular flexibility index (Phi) is 5.24. The molecule has 4 nitrogen and oxygen atoms in total. The third-order valence-electron chi connectivity index (χ3n) is 2.31. The van der Waals surface area contributed by atoms with E-state index in [1.807, 2.05) is 0 Å². The van der Waals surface area contributed by atoms with Crippen molar-refractivity contribution in [3.05, 3.63) is 23.9 Å². The minimum Gasteiger partial charge on any atom is -0.395 e. The Labute approximate surface area is 98.5 Å². The summed E-state index contributed by atoms with van der Waals surface area (Å²) in [4.78, 5) is 5.30. The molecule has 1 aromatic rings. The van der Waals surface area contributed by atoms with Crippen molar-refractivity contribution < 1.29 is 19.0 Å². The Bertz CT molecular complexity index is 331. The van der Waals surface area contributed by atoms with E-state index in [0.29, 0.717) is 11.4 Å². The van der Waals surface area contributed by atoms with Crippen molar-refractivity contribution in [2.45, 2.75) is 19.5 Å². The lowest BCUT2D eigenvalue weighted by Gasteiger charge is -2.22. The summed E-state index contributed by atoms with van der Waals surface area (Å²) in [5.41, 5.74) is 0.620. The summed E-state index contributed by atoms with van der Waals surface area (Å²) in [6, 6.07) is 3.18. The van der Waals surface area contributed by atoms with Gasteiger partial charge in [0.2, 0.25) is 0 Å². The summed E-state index contributed by atoms with van der Waals surface area (Å²) in [7, 11) is 0. The Balaban J connectivity index is 2.79. The first-order valence-corrected chi connectivity index (χ1v) is 5.32. The van der Waals surface area contributed by atoms with Gasteiger partial charge in [-0.3, -0.25) is 0 Å². The van der Waals surface area contributed by atoms with Gasteiger partial charge in [0.15, 0.2) is 0 Å². The lowest BCUT2D eigenvalue weighted by molar-refractivity contribution is 0.152. The molecule has 1 heterocycles. The van der Waals surface area contributed by atoms with Crippen LogP contribution in [0.4, 0.5) is 14.6 Å². The molecule has 1 rings (SSSR count). The number of hydrogen-bond donors (Lipinski definition) is 2. The van der Waals surface area contributed by atoms with Gasteiger partial charge >= 0.3 is 0 Å². The van der Waals surface area contributed by atoms with Crippen LogP contribution in [0.25, 0.3) is 0 Å². The van der Waals surface area contributed by atoms with Gasteiger partial charge in [0.05, 0.1) is 19.3 Å². The fourth-order valence-electron chi connectivity index (χ4n) is 1.42. The molecule has 0 saturated heterocycles. The molecule has 17 heavy (non-hydrogen) atoms. The first kappa shape index (κ1) is 13.8. The number of nitrogens with zero attached hydrogens (tertiary/aromatic N) is 2. The molecule has 0 aliphatic rings. The summed E-state index contributed by atoms with van der Waals surface area (Å²) >= 11 is 0. The third-order valence-corrected chi connectivity index (χ3v) is 2.31. The van der Waals surface area contributed by atoms with E-state index in [4.69, 9.17) is 5.11 Å². The summed E-state index contributed by atoms with van der Waals surface area (Å²) in [6.07, 6.45) is -1.69. The number of aliphatic hydroxyl groups excluding tert-OH is 2. The number of rotatable bonds is 6. The minimum atomic E-state index is -2.49. The molecule has 0 fully saturated rings. The molecule has 0 aliphatic carbocycles. The molecule has 2 N–H and O–H groups in total. The maximum Gasteiger partial charge on any atom is 0.255 e. The van der Waals surface area contributed by atoms with Gasteiger partial charge in [-0.15, -0.1) is 0 Å². The van der Waals surface area contributed by atoms with E-state index in [-0.39, 0.29) is 13.2 Å². The third kappa shape index (κ3) is 4.24. The molecule has 0 aliphatic heterocycles. The SMILES string of the molecule is C[C@H](O)c1ccc(N(CCO)CC(F)F)nc1. The molecule has 0 unspecified atom stereocenters. The molecule has 1 aromatic heterocycles. The summed E-state index contributed by atoms with van der Waals surface area (Å²) in [5.74, 6) is 0.365. The molecule has 0 saturated carbocycles. The molecular weight excluding hydrogens is 230 g/mol. The van der Waals surface area contributed by atoms with Crippen LogP contribution in [0.5, 0.6) is 0 Å². The van der Waals surface area contributed by atoms with Crippen LogP contribution in [0.3, 0.4) is 0 Å². The standard InChI is InChI=1S/C11H16F2N2O2/c1-8(17)9-2-3-11(14-6-9)15(4-5-16)7-10(12)13/h2-3,6,8,10,16-17H,4-5,7H2,1H3/t8-/m0/s1. The molecule has 6 heteroatoms. The van der Waals surface area contributed by atoms with Crippen LogP contribution in [0.2, 0.25) is 0 Å². The molecule has 96 valence electrons. The number of aliphatic hydroxyl groups is 2. The summed E-state index contributed by atoms with van der Waals surface area (Å²) in [5, 5.41) is 18.1. The largest absolute Gasteiger partial charge is 0.395 e. The fourth-order valence-corrected chi connectivity index (χ4v) is 1.42. The normalized spacial score (nSPS) is 12.8. The quantitative estimate of drug-likeness (QED) is 0.792. The highest BCUT2D eigenvalue weighted by Gasteiger charge is 2.13. The maximum atomic E-state index is 12.3. The van der Waals surface area contributed by atoms with Crippen LogP contribution >= 0.6 is 0 Å². The Morgan fingerprint density at radius 1 is 1.41 bits per heavy atom. The number of halogens is 2. The highest BCUT2D eigenvalue weighted by Crippen LogP contribution is 2.16. The molecule has 0 amide bonds. The van der Waals surface area contributed by atoms with Crippen molar-refractivity contribution in [1.29, 1.82) is 0 Å². The van der Waals surface area contributed by atoms with E-state index >= 15 is 0 Å². The second kappa shape index (κ2) is 6.46. The van der Waals surface area contributed by atoms with E-state index < -0.39 is 19.1 Å². The predicted octanol–water partition coefficient (Wildman–Crippen LogP) is 1.20. The van der Waals surface area contributed by atoms with E-state index in [1.54, 1.807) is 19.1 Å². The molecule has 0 radical (unpaired) electrons. The number of alkyl halides is 2. The van der Waals surface area contributed by atoms with Gasteiger partial charge in [0.1, 0.15) is 5.82 Å². The highest BCUT2D eigenvalue weighted by molar-refractivity contribution is 5.39. The average Bonchev–Trinajstić information content (AvgIpc) is 2.28. The lowest BCUT2D eigenvalue weighted by atomic mass is 10.2. The van der Waals surface area contributed by atoms with Crippen LogP contribution in [-0.2, 0) is 0 Å². The predicted molar refractivity (Wildman–Crippen MR) is 60.2 cm³/mol. The molecule has 0 bridgehead atoms. The van der Waals surface area contributed by atoms with Gasteiger partial charge in [0, 0.05) is 12.7 Å². The van der Waals surface area contributed by atoms with Crippen LogP contribution in [0.15, 0.2) is 18.3 Å². The van der Waals surface area contributed by atoms with Gasteiger partial charge in [-0.05, 0) is 18.6 Å². The Hall–Kier alpha value is -1.27. The van der Waals surface area contributed by atoms with Gasteiger partial charge in [-0.25, -0.2) is 13.8 Å². The maximum absolute atomic E-state index is 12.3. The summed E-state index contributed by atoms with van der Waals surface area (Å²) in [6.45, 7) is 1.01. The van der Waals surface area contributed by atoms with Crippen LogP contribution in [0.1, 0.15) is 18.6 Å². The zero-order chi connectivity index (χ0) is 12.8. The van der Waals surface area contributed by atoms with Crippen LogP contribution in [-0.4, -0.2) is 41.3 Å². The van der Waals surface area contributed by atoms with E-state index in [9.17, 15) is 13.9 Å². The second-order valence-electron chi connectivity index (χ2n) is 3.69. The highest BCUT2D eigenvalue weighted by atomic mass is 19.3. The van der Waals surface area contributed by atoms with Crippen molar-refractivity contribution in [1.82, 2.24) is 4.98 Å². The van der Waals surface area contributed by atoms with Gasteiger partial charge in [0.25, 0.3) is 6.43 Å². The monoisotopic (exact) mass is 246 g/mol. The second-order valence-corrected chi connectivity index (χ2v) is 3.69. The average molecular weight is 246 g/mol. The van der Waals surface area contributed by atoms with E-state index in [0.717, 1.165) is 0 Å². The van der Waals surface area contributed by atoms with Crippen molar-refractivity contribution in [2.24, 2.45) is 0 Å². The zero-order valence-electron chi connectivity index (χ0n) is 9.55. The smallest absolute Gasteiger partial charge is 0.255 e. The van der Waals surface area contributed by atoms with E-state index in [2.05, 4.69) is 4.98 Å². The van der Waals surface area contributed by atoms with Gasteiger partial charge in [-0.1, -0.05) is 6.07 Å².